The number of benzene rings is 1. The summed E-state index contributed by atoms with van der Waals surface area (Å²) in [6.45, 7) is 4.29. The largest absolute Gasteiger partial charge is 0.383 e. The van der Waals surface area contributed by atoms with Crippen LogP contribution < -0.4 is 5.73 Å². The minimum absolute atomic E-state index is 0.305. The van der Waals surface area contributed by atoms with Gasteiger partial charge in [0.1, 0.15) is 5.84 Å². The molecule has 0 fully saturated rings. The fourth-order valence-electron chi connectivity index (χ4n) is 1.38. The summed E-state index contributed by atoms with van der Waals surface area (Å²) in [5, 5.41) is 0. The van der Waals surface area contributed by atoms with E-state index < -0.39 is 0 Å². The van der Waals surface area contributed by atoms with Crippen molar-refractivity contribution >= 4 is 17.6 Å². The first-order chi connectivity index (χ1) is 7.74. The molecule has 2 N–H and O–H groups in total. The van der Waals surface area contributed by atoms with E-state index in [0.717, 1.165) is 17.7 Å². The molecule has 3 heteroatoms. The lowest BCUT2D eigenvalue weighted by molar-refractivity contribution is 0.723. The minimum atomic E-state index is 0.305. The Morgan fingerprint density at radius 2 is 2.06 bits per heavy atom. The molecule has 0 radical (unpaired) electrons. The van der Waals surface area contributed by atoms with Gasteiger partial charge >= 0.3 is 0 Å². The molecule has 0 heterocycles. The van der Waals surface area contributed by atoms with E-state index in [-0.39, 0.29) is 0 Å². The van der Waals surface area contributed by atoms with Crippen LogP contribution in [0.15, 0.2) is 35.3 Å². The zero-order chi connectivity index (χ0) is 11.8. The lowest BCUT2D eigenvalue weighted by Crippen LogP contribution is -2.16. The molecule has 88 valence electrons. The molecular weight excluding hydrogens is 216 g/mol. The molecule has 1 unspecified atom stereocenters. The van der Waals surface area contributed by atoms with Gasteiger partial charge in [0.15, 0.2) is 0 Å². The van der Waals surface area contributed by atoms with Crippen LogP contribution in [0.25, 0.3) is 0 Å². The van der Waals surface area contributed by atoms with Gasteiger partial charge in [0, 0.05) is 5.56 Å². The Kier molecular flexibility index (Phi) is 6.01. The maximum atomic E-state index is 5.94. The number of aliphatic imine (C=N–C) groups is 1. The molecular formula is C13H20N2S. The highest BCUT2D eigenvalue weighted by Gasteiger charge is 2.02. The van der Waals surface area contributed by atoms with Gasteiger partial charge < -0.3 is 5.73 Å². The third-order valence-corrected chi connectivity index (χ3v) is 3.25. The van der Waals surface area contributed by atoms with Crippen LogP contribution >= 0.6 is 11.8 Å². The molecule has 16 heavy (non-hydrogen) atoms. The quantitative estimate of drug-likeness (QED) is 0.468. The van der Waals surface area contributed by atoms with Gasteiger partial charge in [0.05, 0.1) is 6.04 Å². The number of thioether (sulfide) groups is 1. The van der Waals surface area contributed by atoms with Gasteiger partial charge in [-0.1, -0.05) is 37.3 Å². The van der Waals surface area contributed by atoms with Crippen molar-refractivity contribution in [1.82, 2.24) is 0 Å². The van der Waals surface area contributed by atoms with E-state index in [1.54, 1.807) is 0 Å². The van der Waals surface area contributed by atoms with Gasteiger partial charge in [-0.05, 0) is 24.9 Å². The number of hydrogen-bond acceptors (Lipinski definition) is 2. The van der Waals surface area contributed by atoms with E-state index in [4.69, 9.17) is 5.73 Å². The summed E-state index contributed by atoms with van der Waals surface area (Å²) in [4.78, 5) is 4.50. The summed E-state index contributed by atoms with van der Waals surface area (Å²) in [6.07, 6.45) is 1.09. The molecule has 1 rings (SSSR count). The van der Waals surface area contributed by atoms with Gasteiger partial charge in [-0.25, -0.2) is 0 Å². The van der Waals surface area contributed by atoms with Crippen LogP contribution in [0.3, 0.4) is 0 Å². The predicted molar refractivity (Wildman–Crippen MR) is 74.2 cm³/mol. The lowest BCUT2D eigenvalue weighted by Gasteiger charge is -2.07. The SMILES string of the molecule is CCSCCC(C)N=C(N)c1ccccc1. The first-order valence-electron chi connectivity index (χ1n) is 5.70. The van der Waals surface area contributed by atoms with Crippen molar-refractivity contribution in [3.8, 4) is 0 Å². The molecule has 0 amide bonds. The Labute approximate surface area is 102 Å². The van der Waals surface area contributed by atoms with E-state index in [9.17, 15) is 0 Å². The van der Waals surface area contributed by atoms with Crippen molar-refractivity contribution < 1.29 is 0 Å². The number of hydrogen-bond donors (Lipinski definition) is 1. The van der Waals surface area contributed by atoms with Crippen LogP contribution in [0.2, 0.25) is 0 Å². The Hall–Kier alpha value is -0.960. The van der Waals surface area contributed by atoms with Crippen LogP contribution in [0.1, 0.15) is 25.8 Å². The summed E-state index contributed by atoms with van der Waals surface area (Å²) in [5.74, 6) is 2.97. The van der Waals surface area contributed by atoms with Crippen molar-refractivity contribution in [3.05, 3.63) is 35.9 Å². The number of amidine groups is 1. The van der Waals surface area contributed by atoms with Gasteiger partial charge in [0.2, 0.25) is 0 Å². The Balaban J connectivity index is 2.49. The monoisotopic (exact) mass is 236 g/mol. The Bertz CT molecular complexity index is 322. The topological polar surface area (TPSA) is 38.4 Å². The van der Waals surface area contributed by atoms with Crippen molar-refractivity contribution in [2.75, 3.05) is 11.5 Å². The van der Waals surface area contributed by atoms with E-state index >= 15 is 0 Å². The number of rotatable bonds is 6. The van der Waals surface area contributed by atoms with E-state index in [2.05, 4.69) is 18.8 Å². The fourth-order valence-corrected chi connectivity index (χ4v) is 2.18. The molecule has 0 saturated carbocycles. The van der Waals surface area contributed by atoms with Gasteiger partial charge in [-0.15, -0.1) is 0 Å². The van der Waals surface area contributed by atoms with Crippen LogP contribution in [-0.4, -0.2) is 23.4 Å². The van der Waals surface area contributed by atoms with Crippen LogP contribution in [0, 0.1) is 0 Å². The first-order valence-corrected chi connectivity index (χ1v) is 6.86. The average molecular weight is 236 g/mol. The van der Waals surface area contributed by atoms with Gasteiger partial charge in [-0.3, -0.25) is 4.99 Å². The van der Waals surface area contributed by atoms with Crippen molar-refractivity contribution in [1.29, 1.82) is 0 Å². The Morgan fingerprint density at radius 3 is 2.69 bits per heavy atom. The third kappa shape index (κ3) is 4.71. The minimum Gasteiger partial charge on any atom is -0.383 e. The summed E-state index contributed by atoms with van der Waals surface area (Å²) in [5.41, 5.74) is 6.95. The average Bonchev–Trinajstić information content (AvgIpc) is 2.30. The summed E-state index contributed by atoms with van der Waals surface area (Å²) in [6, 6.07) is 10.2. The van der Waals surface area contributed by atoms with Crippen molar-refractivity contribution in [2.45, 2.75) is 26.3 Å². The van der Waals surface area contributed by atoms with Gasteiger partial charge in [-0.2, -0.15) is 11.8 Å². The summed E-state index contributed by atoms with van der Waals surface area (Å²) >= 11 is 1.95. The molecule has 1 aromatic rings. The highest BCUT2D eigenvalue weighted by Crippen LogP contribution is 2.07. The second kappa shape index (κ2) is 7.34. The Morgan fingerprint density at radius 1 is 1.38 bits per heavy atom. The van der Waals surface area contributed by atoms with Crippen LogP contribution in [-0.2, 0) is 0 Å². The first kappa shape index (κ1) is 13.1. The fraction of sp³-hybridized carbons (Fsp3) is 0.462. The molecule has 2 nitrogen and oxygen atoms in total. The van der Waals surface area contributed by atoms with Crippen molar-refractivity contribution in [3.63, 3.8) is 0 Å². The van der Waals surface area contributed by atoms with Crippen molar-refractivity contribution in [2.24, 2.45) is 10.7 Å². The smallest absolute Gasteiger partial charge is 0.125 e. The standard InChI is InChI=1S/C13H20N2S/c1-3-16-10-9-11(2)15-13(14)12-7-5-4-6-8-12/h4-8,11H,3,9-10H2,1-2H3,(H2,14,15). The lowest BCUT2D eigenvalue weighted by atomic mass is 10.2. The van der Waals surface area contributed by atoms with Gasteiger partial charge in [0.25, 0.3) is 0 Å². The molecule has 0 aliphatic heterocycles. The highest BCUT2D eigenvalue weighted by atomic mass is 32.2. The molecule has 0 saturated heterocycles. The number of nitrogens with zero attached hydrogens (tertiary/aromatic N) is 1. The van der Waals surface area contributed by atoms with Crippen LogP contribution in [0.5, 0.6) is 0 Å². The predicted octanol–water partition coefficient (Wildman–Crippen LogP) is 2.92. The molecule has 1 aromatic carbocycles. The molecule has 0 aromatic heterocycles. The normalized spacial score (nSPS) is 13.8. The van der Waals surface area contributed by atoms with E-state index in [1.807, 2.05) is 42.1 Å². The second-order valence-electron chi connectivity index (χ2n) is 3.71. The van der Waals surface area contributed by atoms with E-state index in [0.29, 0.717) is 11.9 Å². The molecule has 1 atom stereocenters. The molecule has 0 aliphatic rings. The maximum absolute atomic E-state index is 5.94. The molecule has 0 bridgehead atoms. The van der Waals surface area contributed by atoms with E-state index in [1.165, 1.54) is 5.75 Å². The zero-order valence-electron chi connectivity index (χ0n) is 10.0. The second-order valence-corrected chi connectivity index (χ2v) is 5.11. The number of nitrogens with two attached hydrogens (primary N) is 1. The summed E-state index contributed by atoms with van der Waals surface area (Å²) in [7, 11) is 0. The van der Waals surface area contributed by atoms with Crippen LogP contribution in [0.4, 0.5) is 0 Å². The zero-order valence-corrected chi connectivity index (χ0v) is 10.8. The highest BCUT2D eigenvalue weighted by molar-refractivity contribution is 7.99. The third-order valence-electron chi connectivity index (χ3n) is 2.31. The molecule has 0 aliphatic carbocycles. The summed E-state index contributed by atoms with van der Waals surface area (Å²) < 4.78 is 0. The molecule has 0 spiro atoms. The maximum Gasteiger partial charge on any atom is 0.125 e.